The molecule has 0 fully saturated rings. The van der Waals surface area contributed by atoms with Crippen molar-refractivity contribution < 1.29 is 0 Å². The van der Waals surface area contributed by atoms with Crippen LogP contribution < -0.4 is 0 Å². The molecule has 0 bridgehead atoms. The minimum Gasteiger partial charge on any atom is -0.253 e. The second kappa shape index (κ2) is 4.38. The average Bonchev–Trinajstić information content (AvgIpc) is 2.21. The first kappa shape index (κ1) is 11.9. The molecule has 1 heterocycles. The molecule has 2 aromatic rings. The van der Waals surface area contributed by atoms with Gasteiger partial charge in [-0.15, -0.1) is 0 Å². The monoisotopic (exact) mass is 387 g/mol. The lowest BCUT2D eigenvalue weighted by Crippen LogP contribution is -1.85. The fourth-order valence-corrected chi connectivity index (χ4v) is 2.63. The highest BCUT2D eigenvalue weighted by Crippen LogP contribution is 2.40. The van der Waals surface area contributed by atoms with Gasteiger partial charge in [-0.05, 0) is 37.9 Å². The summed E-state index contributed by atoms with van der Waals surface area (Å²) in [5.74, 6) is 0. The maximum atomic E-state index is 6.11. The maximum absolute atomic E-state index is 6.11. The van der Waals surface area contributed by atoms with Gasteiger partial charge in [0.1, 0.15) is 0 Å². The van der Waals surface area contributed by atoms with Gasteiger partial charge >= 0.3 is 0 Å². The number of rotatable bonds is 0. The van der Waals surface area contributed by atoms with E-state index in [1.807, 2.05) is 0 Å². The third-order valence-electron chi connectivity index (χ3n) is 1.89. The van der Waals surface area contributed by atoms with Crippen molar-refractivity contribution in [2.24, 2.45) is 0 Å². The van der Waals surface area contributed by atoms with Crippen LogP contribution in [0.25, 0.3) is 10.9 Å². The van der Waals surface area contributed by atoms with Crippen LogP contribution in [0.3, 0.4) is 0 Å². The molecule has 0 unspecified atom stereocenters. The molecule has 0 amide bonds. The molecule has 0 N–H and O–H groups in total. The van der Waals surface area contributed by atoms with Gasteiger partial charge in [0.25, 0.3) is 0 Å². The summed E-state index contributed by atoms with van der Waals surface area (Å²) in [6.45, 7) is 0. The van der Waals surface area contributed by atoms with Gasteiger partial charge in [0.05, 0.1) is 25.1 Å². The molecule has 0 aliphatic heterocycles. The zero-order valence-corrected chi connectivity index (χ0v) is 12.4. The zero-order chi connectivity index (χ0) is 11.2. The Morgan fingerprint density at radius 2 is 1.60 bits per heavy atom. The van der Waals surface area contributed by atoms with E-state index in [9.17, 15) is 0 Å². The molecule has 0 radical (unpaired) electrons. The predicted molar refractivity (Wildman–Crippen MR) is 72.2 cm³/mol. The molecular weight excluding hydrogens is 388 g/mol. The fourth-order valence-electron chi connectivity index (χ4n) is 1.19. The van der Waals surface area contributed by atoms with E-state index in [-0.39, 0.29) is 0 Å². The summed E-state index contributed by atoms with van der Waals surface area (Å²) in [6, 6.07) is 1.80. The zero-order valence-electron chi connectivity index (χ0n) is 6.99. The van der Waals surface area contributed by atoms with Crippen LogP contribution >= 0.6 is 66.7 Å². The van der Waals surface area contributed by atoms with Crippen molar-refractivity contribution in [3.05, 3.63) is 36.3 Å². The van der Waals surface area contributed by atoms with Crippen LogP contribution in [0.4, 0.5) is 0 Å². The van der Waals surface area contributed by atoms with Crippen molar-refractivity contribution in [3.63, 3.8) is 0 Å². The number of aromatic nitrogens is 1. The van der Waals surface area contributed by atoms with E-state index >= 15 is 0 Å². The van der Waals surface area contributed by atoms with Crippen molar-refractivity contribution >= 4 is 77.6 Å². The molecule has 0 saturated heterocycles. The Morgan fingerprint density at radius 1 is 0.933 bits per heavy atom. The molecule has 0 aliphatic rings. The molecular formula is C9H2Br2Cl3N. The van der Waals surface area contributed by atoms with Crippen molar-refractivity contribution in [1.82, 2.24) is 4.98 Å². The van der Waals surface area contributed by atoms with Gasteiger partial charge in [-0.1, -0.05) is 34.8 Å². The first-order valence-corrected chi connectivity index (χ1v) is 6.51. The summed E-state index contributed by atoms with van der Waals surface area (Å²) >= 11 is 24.8. The van der Waals surface area contributed by atoms with E-state index in [0.717, 1.165) is 9.86 Å². The number of hydrogen-bond acceptors (Lipinski definition) is 1. The molecule has 1 nitrogen and oxygen atoms in total. The van der Waals surface area contributed by atoms with Gasteiger partial charge < -0.3 is 0 Å². The summed E-state index contributed by atoms with van der Waals surface area (Å²) in [5.41, 5.74) is 0.595. The Kier molecular flexibility index (Phi) is 3.48. The Labute approximate surface area is 118 Å². The number of fused-ring (bicyclic) bond motifs is 1. The van der Waals surface area contributed by atoms with Gasteiger partial charge in [0, 0.05) is 16.1 Å². The molecule has 1 aromatic carbocycles. The Hall–Kier alpha value is 0.460. The van der Waals surface area contributed by atoms with E-state index in [1.165, 1.54) is 0 Å². The molecule has 0 atom stereocenters. The first-order chi connectivity index (χ1) is 7.02. The lowest BCUT2D eigenvalue weighted by atomic mass is 10.2. The second-order valence-corrected chi connectivity index (χ2v) is 5.65. The number of hydrogen-bond donors (Lipinski definition) is 0. The summed E-state index contributed by atoms with van der Waals surface area (Å²) in [6.07, 6.45) is 1.60. The normalized spacial score (nSPS) is 11.0. The van der Waals surface area contributed by atoms with Crippen LogP contribution in [-0.4, -0.2) is 4.98 Å². The Morgan fingerprint density at radius 3 is 2.27 bits per heavy atom. The van der Waals surface area contributed by atoms with Crippen LogP contribution in [0.5, 0.6) is 0 Å². The lowest BCUT2D eigenvalue weighted by molar-refractivity contribution is 1.39. The van der Waals surface area contributed by atoms with E-state index in [0.29, 0.717) is 25.1 Å². The van der Waals surface area contributed by atoms with Crippen LogP contribution in [0, 0.1) is 0 Å². The smallest absolute Gasteiger partial charge is 0.0920 e. The van der Waals surface area contributed by atoms with Gasteiger partial charge in [-0.25, -0.2) is 0 Å². The Bertz CT molecular complexity index is 557. The predicted octanol–water partition coefficient (Wildman–Crippen LogP) is 5.72. The highest BCUT2D eigenvalue weighted by molar-refractivity contribution is 9.11. The van der Waals surface area contributed by atoms with Crippen molar-refractivity contribution in [1.29, 1.82) is 0 Å². The summed E-state index contributed by atoms with van der Waals surface area (Å²) in [7, 11) is 0. The molecule has 2 rings (SSSR count). The third kappa shape index (κ3) is 2.01. The van der Waals surface area contributed by atoms with Crippen molar-refractivity contribution in [2.45, 2.75) is 0 Å². The van der Waals surface area contributed by atoms with Crippen LogP contribution in [-0.2, 0) is 0 Å². The van der Waals surface area contributed by atoms with E-state index < -0.39 is 0 Å². The summed E-state index contributed by atoms with van der Waals surface area (Å²) < 4.78 is 1.42. The minimum atomic E-state index is 0.399. The van der Waals surface area contributed by atoms with Crippen LogP contribution in [0.15, 0.2) is 21.2 Å². The van der Waals surface area contributed by atoms with Gasteiger partial charge in [-0.2, -0.15) is 0 Å². The van der Waals surface area contributed by atoms with Crippen molar-refractivity contribution in [3.8, 4) is 0 Å². The quantitative estimate of drug-likeness (QED) is 0.525. The molecule has 0 saturated carbocycles. The van der Waals surface area contributed by atoms with Gasteiger partial charge in [0.15, 0.2) is 0 Å². The molecule has 0 aliphatic carbocycles. The molecule has 6 heteroatoms. The summed E-state index contributed by atoms with van der Waals surface area (Å²) in [4.78, 5) is 4.17. The van der Waals surface area contributed by atoms with Gasteiger partial charge in [0.2, 0.25) is 0 Å². The van der Waals surface area contributed by atoms with E-state index in [2.05, 4.69) is 36.8 Å². The highest BCUT2D eigenvalue weighted by Gasteiger charge is 2.13. The molecule has 1 aromatic heterocycles. The number of nitrogens with zero attached hydrogens (tertiary/aromatic N) is 1. The van der Waals surface area contributed by atoms with Crippen LogP contribution in [0.1, 0.15) is 0 Å². The lowest BCUT2D eigenvalue weighted by Gasteiger charge is -2.06. The summed E-state index contributed by atoms with van der Waals surface area (Å²) in [5, 5.41) is 2.16. The highest BCUT2D eigenvalue weighted by atomic mass is 79.9. The van der Waals surface area contributed by atoms with E-state index in [4.69, 9.17) is 34.8 Å². The van der Waals surface area contributed by atoms with Gasteiger partial charge in [-0.3, -0.25) is 4.98 Å². The second-order valence-electron chi connectivity index (χ2n) is 2.80. The number of halogens is 5. The molecule has 0 spiro atoms. The number of pyridine rings is 1. The third-order valence-corrected chi connectivity index (χ3v) is 4.84. The van der Waals surface area contributed by atoms with Crippen LogP contribution in [0.2, 0.25) is 15.1 Å². The SMILES string of the molecule is Clc1c(Br)cc2c(Cl)c(Br)cnc2c1Cl. The van der Waals surface area contributed by atoms with E-state index in [1.54, 1.807) is 12.3 Å². The molecule has 15 heavy (non-hydrogen) atoms. The fraction of sp³-hybridized carbons (Fsp3) is 0. The standard InChI is InChI=1S/C9H2Br2Cl3N/c10-4-1-3-6(12)5(11)2-15-9(3)8(14)7(4)13/h1-2H. The van der Waals surface area contributed by atoms with Crippen molar-refractivity contribution in [2.75, 3.05) is 0 Å². The largest absolute Gasteiger partial charge is 0.253 e. The number of benzene rings is 1. The maximum Gasteiger partial charge on any atom is 0.0920 e. The topological polar surface area (TPSA) is 12.9 Å². The minimum absolute atomic E-state index is 0.399. The Balaban J connectivity index is 2.98. The molecule has 78 valence electrons. The first-order valence-electron chi connectivity index (χ1n) is 3.79. The average molecular weight is 390 g/mol.